The van der Waals surface area contributed by atoms with Crippen molar-refractivity contribution in [3.8, 4) is 17.6 Å². The maximum atomic E-state index is 13.5. The maximum Gasteiger partial charge on any atom is 0.338 e. The number of carbonyl (C=O) groups excluding carboxylic acids is 1. The Bertz CT molecular complexity index is 1560. The fourth-order valence-electron chi connectivity index (χ4n) is 4.10. The fraction of sp³-hybridized carbons (Fsp3) is 0.192. The summed E-state index contributed by atoms with van der Waals surface area (Å²) in [5, 5.41) is 10.1. The molecule has 0 radical (unpaired) electrons. The molecule has 178 valence electrons. The molecule has 0 saturated carbocycles. The number of aromatic nitrogens is 1. The van der Waals surface area contributed by atoms with E-state index in [1.807, 2.05) is 18.2 Å². The Kier molecular flexibility index (Phi) is 6.75. The maximum absolute atomic E-state index is 13.5. The quantitative estimate of drug-likeness (QED) is 0.526. The Morgan fingerprint density at radius 3 is 2.46 bits per heavy atom. The summed E-state index contributed by atoms with van der Waals surface area (Å²) in [4.78, 5) is 26.7. The average molecular weight is 490 g/mol. The first-order valence-corrected chi connectivity index (χ1v) is 11.6. The van der Waals surface area contributed by atoms with Gasteiger partial charge in [0.25, 0.3) is 5.56 Å². The number of para-hydroxylation sites is 2. The van der Waals surface area contributed by atoms with Crippen molar-refractivity contribution in [1.29, 1.82) is 5.26 Å². The van der Waals surface area contributed by atoms with Crippen LogP contribution in [0.2, 0.25) is 0 Å². The highest BCUT2D eigenvalue weighted by atomic mass is 32.1. The molecule has 0 unspecified atom stereocenters. The molecule has 2 N–H and O–H groups in total. The third kappa shape index (κ3) is 4.09. The number of nitrogens with two attached hydrogens (primary N) is 1. The molecule has 0 spiro atoms. The lowest BCUT2D eigenvalue weighted by molar-refractivity contribution is -0.136. The van der Waals surface area contributed by atoms with Gasteiger partial charge in [0.2, 0.25) is 0 Å². The van der Waals surface area contributed by atoms with E-state index in [1.54, 1.807) is 50.4 Å². The van der Waals surface area contributed by atoms with Crippen LogP contribution >= 0.6 is 11.3 Å². The predicted octanol–water partition coefficient (Wildman–Crippen LogP) is 1.92. The normalized spacial score (nSPS) is 15.4. The van der Waals surface area contributed by atoms with Crippen molar-refractivity contribution in [3.05, 3.63) is 84.8 Å². The van der Waals surface area contributed by atoms with Gasteiger partial charge in [-0.25, -0.2) is 4.79 Å². The minimum Gasteiger partial charge on any atom is -0.496 e. The lowest BCUT2D eigenvalue weighted by Gasteiger charge is -2.25. The van der Waals surface area contributed by atoms with E-state index < -0.39 is 17.4 Å². The number of hydrogen-bond donors (Lipinski definition) is 1. The molecule has 3 aromatic rings. The number of hydrogen-bond acceptors (Lipinski definition) is 8. The van der Waals surface area contributed by atoms with Crippen molar-refractivity contribution in [2.24, 2.45) is 5.73 Å². The number of thiazole rings is 1. The number of esters is 1. The van der Waals surface area contributed by atoms with E-state index in [1.165, 1.54) is 11.7 Å². The summed E-state index contributed by atoms with van der Waals surface area (Å²) in [5.74, 6) is -0.471. The molecule has 35 heavy (non-hydrogen) atoms. The number of benzene rings is 2. The van der Waals surface area contributed by atoms with Crippen molar-refractivity contribution >= 4 is 34.8 Å². The average Bonchev–Trinajstić information content (AvgIpc) is 3.19. The number of nitrogens with zero attached hydrogens (tertiary/aromatic N) is 2. The van der Waals surface area contributed by atoms with E-state index in [2.05, 4.69) is 6.07 Å². The highest BCUT2D eigenvalue weighted by Gasteiger charge is 2.37. The molecule has 0 amide bonds. The van der Waals surface area contributed by atoms with Gasteiger partial charge < -0.3 is 19.9 Å². The second-order valence-corrected chi connectivity index (χ2v) is 8.55. The van der Waals surface area contributed by atoms with Crippen molar-refractivity contribution in [2.75, 3.05) is 20.8 Å². The number of fused-ring (bicyclic) bond motifs is 1. The standard InChI is InChI=1S/C26H23N3O5S/c1-4-34-26(31)22-21(16-10-6-8-12-19(16)33-3)17(14-27)23(28)29-24(30)20(35-25(22)29)13-15-9-5-7-11-18(15)32-2/h5-13,21H,4,28H2,1-3H3/b20-13+/t21-/m1/s1. The zero-order chi connectivity index (χ0) is 25.1. The summed E-state index contributed by atoms with van der Waals surface area (Å²) in [6.07, 6.45) is 1.68. The largest absolute Gasteiger partial charge is 0.496 e. The molecule has 2 aromatic carbocycles. The molecule has 2 heterocycles. The lowest BCUT2D eigenvalue weighted by atomic mass is 9.83. The van der Waals surface area contributed by atoms with Gasteiger partial charge in [-0.05, 0) is 25.1 Å². The first kappa shape index (κ1) is 23.9. The van der Waals surface area contributed by atoms with Crippen molar-refractivity contribution in [1.82, 2.24) is 4.57 Å². The van der Waals surface area contributed by atoms with Crippen LogP contribution in [0.15, 0.2) is 58.9 Å². The summed E-state index contributed by atoms with van der Waals surface area (Å²) in [7, 11) is 3.05. The Morgan fingerprint density at radius 1 is 1.14 bits per heavy atom. The first-order valence-electron chi connectivity index (χ1n) is 10.8. The SMILES string of the molecule is CCOC(=O)C1=c2s/c(=C/c3ccccc3OC)c(=O)n2C(N)=C(C#N)[C@H]1c1ccccc1OC. The van der Waals surface area contributed by atoms with Crippen LogP contribution in [0.25, 0.3) is 17.5 Å². The Balaban J connectivity index is 2.13. The van der Waals surface area contributed by atoms with E-state index in [-0.39, 0.29) is 23.6 Å². The fourth-order valence-corrected chi connectivity index (χ4v) is 5.25. The van der Waals surface area contributed by atoms with Crippen LogP contribution in [-0.4, -0.2) is 31.4 Å². The predicted molar refractivity (Wildman–Crippen MR) is 133 cm³/mol. The minimum absolute atomic E-state index is 0.0348. The van der Waals surface area contributed by atoms with Crippen LogP contribution in [0.5, 0.6) is 11.5 Å². The van der Waals surface area contributed by atoms with Gasteiger partial charge in [-0.2, -0.15) is 5.26 Å². The number of rotatable bonds is 6. The third-order valence-electron chi connectivity index (χ3n) is 5.64. The molecular weight excluding hydrogens is 466 g/mol. The van der Waals surface area contributed by atoms with Gasteiger partial charge in [-0.3, -0.25) is 9.36 Å². The molecule has 0 saturated heterocycles. The molecule has 9 heteroatoms. The van der Waals surface area contributed by atoms with Gasteiger partial charge in [0.1, 0.15) is 22.0 Å². The van der Waals surface area contributed by atoms with Gasteiger partial charge >= 0.3 is 5.97 Å². The summed E-state index contributed by atoms with van der Waals surface area (Å²) < 4.78 is 18.1. The molecule has 1 atom stereocenters. The van der Waals surface area contributed by atoms with Gasteiger partial charge in [0.05, 0.1) is 48.5 Å². The second kappa shape index (κ2) is 9.91. The molecule has 1 aliphatic heterocycles. The van der Waals surface area contributed by atoms with Crippen molar-refractivity contribution in [2.45, 2.75) is 12.8 Å². The van der Waals surface area contributed by atoms with Crippen molar-refractivity contribution < 1.29 is 19.0 Å². The highest BCUT2D eigenvalue weighted by molar-refractivity contribution is 7.07. The molecular formula is C26H23N3O5S. The van der Waals surface area contributed by atoms with Crippen LogP contribution < -0.4 is 30.0 Å². The van der Waals surface area contributed by atoms with Crippen molar-refractivity contribution in [3.63, 3.8) is 0 Å². The molecule has 0 aliphatic carbocycles. The smallest absolute Gasteiger partial charge is 0.338 e. The lowest BCUT2D eigenvalue weighted by Crippen LogP contribution is -2.40. The topological polar surface area (TPSA) is 117 Å². The first-order chi connectivity index (χ1) is 17.0. The molecule has 0 fully saturated rings. The van der Waals surface area contributed by atoms with E-state index >= 15 is 0 Å². The third-order valence-corrected chi connectivity index (χ3v) is 6.75. The van der Waals surface area contributed by atoms with E-state index in [4.69, 9.17) is 19.9 Å². The highest BCUT2D eigenvalue weighted by Crippen LogP contribution is 2.40. The molecule has 0 bridgehead atoms. The number of methoxy groups -OCH3 is 2. The zero-order valence-corrected chi connectivity index (χ0v) is 20.2. The number of ether oxygens (including phenoxy) is 3. The summed E-state index contributed by atoms with van der Waals surface area (Å²) in [6.45, 7) is 1.81. The molecule has 4 rings (SSSR count). The van der Waals surface area contributed by atoms with E-state index in [0.717, 1.165) is 11.3 Å². The van der Waals surface area contributed by atoms with Gasteiger partial charge in [-0.15, -0.1) is 11.3 Å². The number of allylic oxidation sites excluding steroid dienone is 1. The summed E-state index contributed by atoms with van der Waals surface area (Å²) >= 11 is 1.10. The van der Waals surface area contributed by atoms with E-state index in [0.29, 0.717) is 31.8 Å². The molecule has 1 aliphatic rings. The minimum atomic E-state index is -0.868. The number of nitriles is 1. The van der Waals surface area contributed by atoms with Crippen LogP contribution in [0.1, 0.15) is 24.0 Å². The second-order valence-electron chi connectivity index (χ2n) is 7.52. The van der Waals surface area contributed by atoms with Gasteiger partial charge in [0, 0.05) is 11.1 Å². The summed E-state index contributed by atoms with van der Waals surface area (Å²) in [5.41, 5.74) is 7.44. The zero-order valence-electron chi connectivity index (χ0n) is 19.4. The molecule has 1 aromatic heterocycles. The van der Waals surface area contributed by atoms with Gasteiger partial charge in [-0.1, -0.05) is 36.4 Å². The van der Waals surface area contributed by atoms with E-state index in [9.17, 15) is 14.9 Å². The Labute approximate surface area is 205 Å². The van der Waals surface area contributed by atoms with Gasteiger partial charge in [0.15, 0.2) is 0 Å². The molecule has 8 nitrogen and oxygen atoms in total. The Morgan fingerprint density at radius 2 is 1.80 bits per heavy atom. The van der Waals surface area contributed by atoms with Crippen LogP contribution in [-0.2, 0) is 9.53 Å². The number of carbonyl (C=O) groups is 1. The summed E-state index contributed by atoms with van der Waals surface area (Å²) in [6, 6.07) is 16.4. The Hall–Kier alpha value is -4.29. The van der Waals surface area contributed by atoms with Crippen LogP contribution in [0.3, 0.4) is 0 Å². The monoisotopic (exact) mass is 489 g/mol. The van der Waals surface area contributed by atoms with Crippen LogP contribution in [0, 0.1) is 11.3 Å². The van der Waals surface area contributed by atoms with Crippen LogP contribution in [0.4, 0.5) is 0 Å².